The maximum atomic E-state index is 5.21. The number of ether oxygens (including phenoxy) is 1. The fraction of sp³-hybridized carbons (Fsp3) is 0.667. The molecule has 2 aliphatic rings. The number of nitrogens with one attached hydrogen (secondary N) is 1. The van der Waals surface area contributed by atoms with Crippen LogP contribution in [0.3, 0.4) is 0 Å². The fourth-order valence-corrected chi connectivity index (χ4v) is 3.22. The molecule has 21 heavy (non-hydrogen) atoms. The maximum absolute atomic E-state index is 5.21. The second-order valence-electron chi connectivity index (χ2n) is 6.59. The number of nitrogens with zero attached hydrogens (tertiary/aromatic N) is 1. The summed E-state index contributed by atoms with van der Waals surface area (Å²) in [5.74, 6) is 1.80. The monoisotopic (exact) mass is 288 g/mol. The third-order valence-electron chi connectivity index (χ3n) is 4.75. The molecule has 0 bridgehead atoms. The van der Waals surface area contributed by atoms with Crippen molar-refractivity contribution in [1.82, 2.24) is 10.2 Å². The lowest BCUT2D eigenvalue weighted by Crippen LogP contribution is -2.40. The van der Waals surface area contributed by atoms with Crippen molar-refractivity contribution in [3.63, 3.8) is 0 Å². The lowest BCUT2D eigenvalue weighted by molar-refractivity contribution is 0.174. The Morgan fingerprint density at radius 2 is 2.00 bits per heavy atom. The third kappa shape index (κ3) is 4.72. The summed E-state index contributed by atoms with van der Waals surface area (Å²) in [4.78, 5) is 2.65. The summed E-state index contributed by atoms with van der Waals surface area (Å²) in [6.45, 7) is 4.96. The minimum Gasteiger partial charge on any atom is -0.497 e. The SMILES string of the molecule is COc1ccc(CCN2CCCC(CNC3CC3)C2)cc1. The smallest absolute Gasteiger partial charge is 0.118 e. The van der Waals surface area contributed by atoms with Crippen LogP contribution in [0.5, 0.6) is 5.75 Å². The fourth-order valence-electron chi connectivity index (χ4n) is 3.22. The van der Waals surface area contributed by atoms with Crippen LogP contribution in [0.4, 0.5) is 0 Å². The molecule has 1 saturated carbocycles. The van der Waals surface area contributed by atoms with Crippen LogP contribution in [0.1, 0.15) is 31.2 Å². The molecule has 1 aliphatic heterocycles. The molecule has 1 aromatic rings. The van der Waals surface area contributed by atoms with E-state index < -0.39 is 0 Å². The Balaban J connectivity index is 1.40. The molecule has 1 aromatic carbocycles. The summed E-state index contributed by atoms with van der Waals surface area (Å²) in [5.41, 5.74) is 1.41. The van der Waals surface area contributed by atoms with Gasteiger partial charge in [-0.15, -0.1) is 0 Å². The number of benzene rings is 1. The van der Waals surface area contributed by atoms with Gasteiger partial charge in [-0.1, -0.05) is 12.1 Å². The molecule has 1 heterocycles. The average Bonchev–Trinajstić information content (AvgIpc) is 3.36. The zero-order chi connectivity index (χ0) is 14.5. The number of methoxy groups -OCH3 is 1. The van der Waals surface area contributed by atoms with Gasteiger partial charge >= 0.3 is 0 Å². The highest BCUT2D eigenvalue weighted by atomic mass is 16.5. The summed E-state index contributed by atoms with van der Waals surface area (Å²) in [6, 6.07) is 9.35. The number of hydrogen-bond acceptors (Lipinski definition) is 3. The van der Waals surface area contributed by atoms with Crippen molar-refractivity contribution >= 4 is 0 Å². The molecule has 1 N–H and O–H groups in total. The molecule has 0 radical (unpaired) electrons. The highest BCUT2D eigenvalue weighted by molar-refractivity contribution is 5.27. The maximum Gasteiger partial charge on any atom is 0.118 e. The van der Waals surface area contributed by atoms with Crippen molar-refractivity contribution in [1.29, 1.82) is 0 Å². The molecule has 0 amide bonds. The van der Waals surface area contributed by atoms with Gasteiger partial charge in [0.2, 0.25) is 0 Å². The first-order chi connectivity index (χ1) is 10.3. The van der Waals surface area contributed by atoms with Crippen LogP contribution in [0.2, 0.25) is 0 Å². The predicted molar refractivity (Wildman–Crippen MR) is 86.9 cm³/mol. The van der Waals surface area contributed by atoms with Gasteiger partial charge in [0.1, 0.15) is 5.75 Å². The second-order valence-corrected chi connectivity index (χ2v) is 6.59. The number of rotatable bonds is 7. The van der Waals surface area contributed by atoms with Gasteiger partial charge in [0.05, 0.1) is 7.11 Å². The number of likely N-dealkylation sites (tertiary alicyclic amines) is 1. The Kier molecular flexibility index (Phi) is 5.15. The van der Waals surface area contributed by atoms with E-state index >= 15 is 0 Å². The van der Waals surface area contributed by atoms with Gasteiger partial charge < -0.3 is 15.0 Å². The van der Waals surface area contributed by atoms with Crippen LogP contribution in [0, 0.1) is 5.92 Å². The van der Waals surface area contributed by atoms with Crippen LogP contribution in [0.15, 0.2) is 24.3 Å². The minimum atomic E-state index is 0.847. The highest BCUT2D eigenvalue weighted by Crippen LogP contribution is 2.21. The van der Waals surface area contributed by atoms with E-state index in [1.165, 1.54) is 57.4 Å². The molecular weight excluding hydrogens is 260 g/mol. The molecule has 3 heteroatoms. The molecule has 0 aromatic heterocycles. The Labute approximate surface area is 128 Å². The molecule has 3 rings (SSSR count). The summed E-state index contributed by atoms with van der Waals surface area (Å²) < 4.78 is 5.21. The minimum absolute atomic E-state index is 0.847. The summed E-state index contributed by atoms with van der Waals surface area (Å²) in [5, 5.41) is 3.69. The van der Waals surface area contributed by atoms with Crippen LogP contribution in [0.25, 0.3) is 0 Å². The molecule has 1 unspecified atom stereocenters. The van der Waals surface area contributed by atoms with Crippen molar-refractivity contribution < 1.29 is 4.74 Å². The van der Waals surface area contributed by atoms with Gasteiger partial charge in [-0.2, -0.15) is 0 Å². The lowest BCUT2D eigenvalue weighted by atomic mass is 9.97. The Morgan fingerprint density at radius 3 is 2.71 bits per heavy atom. The molecule has 1 saturated heterocycles. The molecule has 0 spiro atoms. The molecule has 3 nitrogen and oxygen atoms in total. The molecule has 1 atom stereocenters. The molecule has 1 aliphatic carbocycles. The van der Waals surface area contributed by atoms with Crippen molar-refractivity contribution in [2.75, 3.05) is 33.3 Å². The van der Waals surface area contributed by atoms with Gasteiger partial charge in [-0.25, -0.2) is 0 Å². The van der Waals surface area contributed by atoms with Crippen molar-refractivity contribution in [3.05, 3.63) is 29.8 Å². The normalized spacial score (nSPS) is 23.2. The molecular formula is C18H28N2O. The zero-order valence-corrected chi connectivity index (χ0v) is 13.2. The van der Waals surface area contributed by atoms with Crippen LogP contribution < -0.4 is 10.1 Å². The second kappa shape index (κ2) is 7.28. The van der Waals surface area contributed by atoms with E-state index in [-0.39, 0.29) is 0 Å². The van der Waals surface area contributed by atoms with E-state index in [1.807, 2.05) is 0 Å². The van der Waals surface area contributed by atoms with E-state index in [0.717, 1.165) is 24.1 Å². The van der Waals surface area contributed by atoms with Crippen molar-refractivity contribution in [2.24, 2.45) is 5.92 Å². The summed E-state index contributed by atoms with van der Waals surface area (Å²) >= 11 is 0. The van der Waals surface area contributed by atoms with Crippen molar-refractivity contribution in [2.45, 2.75) is 38.1 Å². The quantitative estimate of drug-likeness (QED) is 0.835. The van der Waals surface area contributed by atoms with Crippen LogP contribution in [-0.2, 0) is 6.42 Å². The molecule has 116 valence electrons. The zero-order valence-electron chi connectivity index (χ0n) is 13.2. The van der Waals surface area contributed by atoms with E-state index in [0.29, 0.717) is 0 Å². The summed E-state index contributed by atoms with van der Waals surface area (Å²) in [6.07, 6.45) is 6.70. The van der Waals surface area contributed by atoms with Gasteiger partial charge in [0.15, 0.2) is 0 Å². The number of hydrogen-bond donors (Lipinski definition) is 1. The number of piperidine rings is 1. The molecule has 2 fully saturated rings. The largest absolute Gasteiger partial charge is 0.497 e. The third-order valence-corrected chi connectivity index (χ3v) is 4.75. The first kappa shape index (κ1) is 14.9. The Bertz CT molecular complexity index is 427. The van der Waals surface area contributed by atoms with E-state index in [9.17, 15) is 0 Å². The average molecular weight is 288 g/mol. The summed E-state index contributed by atoms with van der Waals surface area (Å²) in [7, 11) is 1.72. The topological polar surface area (TPSA) is 24.5 Å². The predicted octanol–water partition coefficient (Wildman–Crippen LogP) is 2.70. The van der Waals surface area contributed by atoms with Gasteiger partial charge in [-0.3, -0.25) is 0 Å². The lowest BCUT2D eigenvalue weighted by Gasteiger charge is -2.33. The Hall–Kier alpha value is -1.06. The standard InChI is InChI=1S/C18H28N2O/c1-21-18-8-4-15(5-9-18)10-12-20-11-2-3-16(14-20)13-19-17-6-7-17/h4-5,8-9,16-17,19H,2-3,6-7,10-14H2,1H3. The first-order valence-corrected chi connectivity index (χ1v) is 8.42. The van der Waals surface area contributed by atoms with Crippen LogP contribution >= 0.6 is 0 Å². The highest BCUT2D eigenvalue weighted by Gasteiger charge is 2.24. The van der Waals surface area contributed by atoms with Crippen molar-refractivity contribution in [3.8, 4) is 5.75 Å². The van der Waals surface area contributed by atoms with E-state index in [1.54, 1.807) is 7.11 Å². The van der Waals surface area contributed by atoms with Gasteiger partial charge in [0, 0.05) is 19.1 Å². The Morgan fingerprint density at radius 1 is 1.19 bits per heavy atom. The van der Waals surface area contributed by atoms with Crippen LogP contribution in [-0.4, -0.2) is 44.2 Å². The first-order valence-electron chi connectivity index (χ1n) is 8.42. The van der Waals surface area contributed by atoms with Gasteiger partial charge in [-0.05, 0) is 68.8 Å². The van der Waals surface area contributed by atoms with E-state index in [4.69, 9.17) is 4.74 Å². The van der Waals surface area contributed by atoms with Gasteiger partial charge in [0.25, 0.3) is 0 Å². The van der Waals surface area contributed by atoms with E-state index in [2.05, 4.69) is 34.5 Å².